The fraction of sp³-hybridized carbons (Fsp3) is 0.450. The molecule has 0 bridgehead atoms. The normalized spacial score (nSPS) is 19.1. The first kappa shape index (κ1) is 19.7. The quantitative estimate of drug-likeness (QED) is 0.606. The molecule has 0 aliphatic heterocycles. The van der Waals surface area contributed by atoms with Gasteiger partial charge < -0.3 is 10.1 Å². The zero-order valence-corrected chi connectivity index (χ0v) is 16.1. The highest BCUT2D eigenvalue weighted by Gasteiger charge is 2.24. The Morgan fingerprint density at radius 3 is 2.32 bits per heavy atom. The van der Waals surface area contributed by atoms with Crippen LogP contribution >= 0.6 is 0 Å². The van der Waals surface area contributed by atoms with E-state index in [1.807, 2.05) is 19.9 Å². The molecule has 1 fully saturated rings. The third-order valence-electron chi connectivity index (χ3n) is 4.79. The van der Waals surface area contributed by atoms with Crippen LogP contribution in [0.3, 0.4) is 0 Å². The number of aryl methyl sites for hydroxylation is 2. The average molecular weight is 384 g/mol. The monoisotopic (exact) mass is 384 g/mol. The maximum atomic E-state index is 12.3. The van der Waals surface area contributed by atoms with E-state index in [0.717, 1.165) is 42.6 Å². The number of carbonyl (C=O) groups excluding carboxylic acids is 1. The van der Waals surface area contributed by atoms with Crippen molar-refractivity contribution in [3.05, 3.63) is 57.4 Å². The third kappa shape index (κ3) is 5.48. The molecule has 28 heavy (non-hydrogen) atoms. The fourth-order valence-corrected chi connectivity index (χ4v) is 3.42. The van der Waals surface area contributed by atoms with Gasteiger partial charge in [-0.2, -0.15) is 0 Å². The highest BCUT2D eigenvalue weighted by atomic mass is 16.6. The smallest absolute Gasteiger partial charge is 0.317 e. The number of carbonyl (C=O) groups is 1. The van der Waals surface area contributed by atoms with Gasteiger partial charge in [-0.05, 0) is 51.2 Å². The van der Waals surface area contributed by atoms with Gasteiger partial charge in [0.2, 0.25) is 5.91 Å². The summed E-state index contributed by atoms with van der Waals surface area (Å²) in [7, 11) is 0. The van der Waals surface area contributed by atoms with Crippen molar-refractivity contribution in [2.24, 2.45) is 0 Å². The number of ether oxygens (including phenoxy) is 1. The van der Waals surface area contributed by atoms with Crippen molar-refractivity contribution in [2.45, 2.75) is 58.1 Å². The first-order chi connectivity index (χ1) is 13.4. The Labute approximate surface area is 163 Å². The van der Waals surface area contributed by atoms with Gasteiger partial charge in [-0.25, -0.2) is 9.97 Å². The van der Waals surface area contributed by atoms with Crippen molar-refractivity contribution in [1.29, 1.82) is 0 Å². The zero-order valence-electron chi connectivity index (χ0n) is 16.1. The second-order valence-corrected chi connectivity index (χ2v) is 7.19. The summed E-state index contributed by atoms with van der Waals surface area (Å²) in [5.74, 6) is -0.0733. The Morgan fingerprint density at radius 1 is 1.14 bits per heavy atom. The summed E-state index contributed by atoms with van der Waals surface area (Å²) in [5, 5.41) is 13.7. The number of nitro benzene ring substituents is 1. The molecule has 1 N–H and O–H groups in total. The second-order valence-electron chi connectivity index (χ2n) is 7.19. The Kier molecular flexibility index (Phi) is 6.18. The maximum Gasteiger partial charge on any atom is 0.317 e. The van der Waals surface area contributed by atoms with Gasteiger partial charge in [-0.3, -0.25) is 14.9 Å². The van der Waals surface area contributed by atoms with Crippen molar-refractivity contribution in [1.82, 2.24) is 15.3 Å². The van der Waals surface area contributed by atoms with Crippen molar-refractivity contribution in [3.63, 3.8) is 0 Å². The van der Waals surface area contributed by atoms with E-state index in [1.165, 1.54) is 12.1 Å². The SMILES string of the molecule is Cc1cc(C)nc(OC2CCC(NC(=O)Cc3ccc([N+](=O)[O-])cc3)CC2)n1. The van der Waals surface area contributed by atoms with Crippen LogP contribution < -0.4 is 10.1 Å². The fourth-order valence-electron chi connectivity index (χ4n) is 3.42. The number of nitro groups is 1. The highest BCUT2D eigenvalue weighted by Crippen LogP contribution is 2.23. The van der Waals surface area contributed by atoms with Gasteiger partial charge in [0.15, 0.2) is 0 Å². The number of aromatic nitrogens is 2. The minimum atomic E-state index is -0.451. The molecule has 1 aromatic heterocycles. The van der Waals surface area contributed by atoms with Crippen molar-refractivity contribution in [3.8, 4) is 6.01 Å². The van der Waals surface area contributed by atoms with Gasteiger partial charge in [-0.1, -0.05) is 12.1 Å². The standard InChI is InChI=1S/C20H24N4O4/c1-13-11-14(2)22-20(21-13)28-18-9-5-16(6-10-18)23-19(25)12-15-3-7-17(8-4-15)24(26)27/h3-4,7-8,11,16,18H,5-6,9-10,12H2,1-2H3,(H,23,25). The lowest BCUT2D eigenvalue weighted by molar-refractivity contribution is -0.384. The van der Waals surface area contributed by atoms with Gasteiger partial charge in [0.25, 0.3) is 5.69 Å². The molecule has 0 saturated heterocycles. The summed E-state index contributed by atoms with van der Waals surface area (Å²) < 4.78 is 5.91. The molecule has 0 unspecified atom stereocenters. The summed E-state index contributed by atoms with van der Waals surface area (Å²) in [6.45, 7) is 3.83. The van der Waals surface area contributed by atoms with E-state index in [4.69, 9.17) is 4.74 Å². The van der Waals surface area contributed by atoms with E-state index < -0.39 is 4.92 Å². The van der Waals surface area contributed by atoms with Gasteiger partial charge in [0.05, 0.1) is 11.3 Å². The molecule has 1 aliphatic rings. The van der Waals surface area contributed by atoms with E-state index >= 15 is 0 Å². The van der Waals surface area contributed by atoms with E-state index in [0.29, 0.717) is 6.01 Å². The van der Waals surface area contributed by atoms with Crippen LogP contribution in [0.15, 0.2) is 30.3 Å². The van der Waals surface area contributed by atoms with Crippen molar-refractivity contribution >= 4 is 11.6 Å². The van der Waals surface area contributed by atoms with Crippen LogP contribution in [0.1, 0.15) is 42.6 Å². The predicted molar refractivity (Wildman–Crippen MR) is 103 cm³/mol. The van der Waals surface area contributed by atoms with E-state index in [-0.39, 0.29) is 30.2 Å². The van der Waals surface area contributed by atoms with Gasteiger partial charge >= 0.3 is 6.01 Å². The lowest BCUT2D eigenvalue weighted by Crippen LogP contribution is -2.40. The molecule has 0 atom stereocenters. The van der Waals surface area contributed by atoms with E-state index in [2.05, 4.69) is 15.3 Å². The minimum Gasteiger partial charge on any atom is -0.460 e. The Balaban J connectivity index is 1.44. The van der Waals surface area contributed by atoms with Gasteiger partial charge in [-0.15, -0.1) is 0 Å². The molecule has 2 aromatic rings. The number of hydrogen-bond donors (Lipinski definition) is 1. The minimum absolute atomic E-state index is 0.0234. The summed E-state index contributed by atoms with van der Waals surface area (Å²) in [6, 6.07) is 8.51. The third-order valence-corrected chi connectivity index (χ3v) is 4.79. The first-order valence-corrected chi connectivity index (χ1v) is 9.40. The molecule has 1 aliphatic carbocycles. The number of amides is 1. The molecule has 3 rings (SSSR count). The molecule has 1 heterocycles. The van der Waals surface area contributed by atoms with E-state index in [9.17, 15) is 14.9 Å². The van der Waals surface area contributed by atoms with Crippen LogP contribution in [0.4, 0.5) is 5.69 Å². The Bertz CT molecular complexity index is 826. The molecule has 8 heteroatoms. The lowest BCUT2D eigenvalue weighted by atomic mass is 9.93. The highest BCUT2D eigenvalue weighted by molar-refractivity contribution is 5.78. The molecular weight excluding hydrogens is 360 g/mol. The number of nitrogens with one attached hydrogen (secondary N) is 1. The number of rotatable bonds is 6. The Morgan fingerprint density at radius 2 is 1.75 bits per heavy atom. The molecule has 1 amide bonds. The van der Waals surface area contributed by atoms with Crippen molar-refractivity contribution < 1.29 is 14.5 Å². The molecular formula is C20H24N4O4. The molecule has 148 valence electrons. The number of hydrogen-bond acceptors (Lipinski definition) is 6. The topological polar surface area (TPSA) is 107 Å². The molecule has 0 radical (unpaired) electrons. The summed E-state index contributed by atoms with van der Waals surface area (Å²) in [4.78, 5) is 31.1. The maximum absolute atomic E-state index is 12.3. The van der Waals surface area contributed by atoms with Crippen LogP contribution in [0, 0.1) is 24.0 Å². The number of nitrogens with zero attached hydrogens (tertiary/aromatic N) is 3. The zero-order chi connectivity index (χ0) is 20.1. The molecule has 1 aromatic carbocycles. The first-order valence-electron chi connectivity index (χ1n) is 9.40. The number of non-ortho nitro benzene ring substituents is 1. The van der Waals surface area contributed by atoms with Crippen LogP contribution in [-0.4, -0.2) is 32.9 Å². The van der Waals surface area contributed by atoms with Crippen LogP contribution in [-0.2, 0) is 11.2 Å². The van der Waals surface area contributed by atoms with Gasteiger partial charge in [0, 0.05) is 29.6 Å². The van der Waals surface area contributed by atoms with Crippen LogP contribution in [0.25, 0.3) is 0 Å². The molecule has 1 saturated carbocycles. The summed E-state index contributed by atoms with van der Waals surface area (Å²) >= 11 is 0. The van der Waals surface area contributed by atoms with Crippen LogP contribution in [0.2, 0.25) is 0 Å². The average Bonchev–Trinajstić information content (AvgIpc) is 2.63. The second kappa shape index (κ2) is 8.77. The Hall–Kier alpha value is -3.03. The number of benzene rings is 1. The van der Waals surface area contributed by atoms with Gasteiger partial charge in [0.1, 0.15) is 6.10 Å². The summed E-state index contributed by atoms with van der Waals surface area (Å²) in [5.41, 5.74) is 2.55. The summed E-state index contributed by atoms with van der Waals surface area (Å²) in [6.07, 6.45) is 3.61. The van der Waals surface area contributed by atoms with E-state index in [1.54, 1.807) is 12.1 Å². The largest absolute Gasteiger partial charge is 0.460 e. The van der Waals surface area contributed by atoms with Crippen LogP contribution in [0.5, 0.6) is 6.01 Å². The molecule has 0 spiro atoms. The molecule has 8 nitrogen and oxygen atoms in total. The lowest BCUT2D eigenvalue weighted by Gasteiger charge is -2.29. The predicted octanol–water partition coefficient (Wildman–Crippen LogP) is 3.05. The van der Waals surface area contributed by atoms with Crippen molar-refractivity contribution in [2.75, 3.05) is 0 Å².